The van der Waals surface area contributed by atoms with Gasteiger partial charge in [0, 0.05) is 36.6 Å². The molecule has 10 heteroatoms. The molecule has 2 fully saturated rings. The summed E-state index contributed by atoms with van der Waals surface area (Å²) in [5, 5.41) is 18.1. The number of nitrogens with zero attached hydrogens (tertiary/aromatic N) is 4. The summed E-state index contributed by atoms with van der Waals surface area (Å²) in [7, 11) is -1.11. The molecule has 1 saturated carbocycles. The Morgan fingerprint density at radius 1 is 1.28 bits per heavy atom. The number of benzene rings is 1. The second kappa shape index (κ2) is 7.48. The van der Waals surface area contributed by atoms with Crippen LogP contribution in [0.3, 0.4) is 0 Å². The molecule has 4 heterocycles. The van der Waals surface area contributed by atoms with Gasteiger partial charge in [-0.25, -0.2) is 9.37 Å². The highest BCUT2D eigenvalue weighted by atomic mass is 32.2. The van der Waals surface area contributed by atoms with Gasteiger partial charge in [-0.2, -0.15) is 4.98 Å². The topological polar surface area (TPSA) is 104 Å². The fourth-order valence-corrected chi connectivity index (χ4v) is 6.02. The molecule has 2 N–H and O–H groups in total. The van der Waals surface area contributed by atoms with E-state index < -0.39 is 10.8 Å². The molecule has 0 radical (unpaired) electrons. The number of rotatable bonds is 5. The van der Waals surface area contributed by atoms with Crippen LogP contribution in [0.1, 0.15) is 43.0 Å². The Kier molecular flexibility index (Phi) is 4.69. The van der Waals surface area contributed by atoms with Crippen molar-refractivity contribution in [3.8, 4) is 0 Å². The highest BCUT2D eigenvalue weighted by Gasteiger charge is 2.44. The van der Waals surface area contributed by atoms with Crippen molar-refractivity contribution < 1.29 is 18.2 Å². The zero-order chi connectivity index (χ0) is 21.9. The van der Waals surface area contributed by atoms with E-state index in [0.717, 1.165) is 55.5 Å². The highest BCUT2D eigenvalue weighted by molar-refractivity contribution is 7.85. The Morgan fingerprint density at radius 2 is 2.09 bits per heavy atom. The van der Waals surface area contributed by atoms with Crippen LogP contribution < -0.4 is 10.2 Å². The summed E-state index contributed by atoms with van der Waals surface area (Å²) in [6, 6.07) is 4.49. The highest BCUT2D eigenvalue weighted by Crippen LogP contribution is 2.41. The monoisotopic (exact) mass is 457 g/mol. The normalized spacial score (nSPS) is 22.3. The van der Waals surface area contributed by atoms with Crippen molar-refractivity contribution in [3.05, 3.63) is 35.4 Å². The van der Waals surface area contributed by atoms with Crippen LogP contribution in [-0.2, 0) is 17.2 Å². The Morgan fingerprint density at radius 3 is 2.84 bits per heavy atom. The number of fused-ring (bicyclic) bond motifs is 2. The zero-order valence-corrected chi connectivity index (χ0v) is 18.3. The lowest BCUT2D eigenvalue weighted by Gasteiger charge is -2.32. The van der Waals surface area contributed by atoms with Crippen LogP contribution in [0.4, 0.5) is 16.2 Å². The van der Waals surface area contributed by atoms with Crippen LogP contribution in [-0.4, -0.2) is 55.4 Å². The number of hydrogen-bond acceptors (Lipinski definition) is 8. The van der Waals surface area contributed by atoms with Crippen molar-refractivity contribution in [2.24, 2.45) is 0 Å². The number of piperidine rings is 1. The standard InChI is InChI=1S/C22H24FN5O3S/c23-14-1-2-17-15(11-14)18(27-31-17)13-3-8-28(9-4-13)21-24-16-5-10-32(30)19(16)20(25-21)26-22(12-29)6-7-22/h1-2,11,13,29H,3-10,12H2,(H,24,25,26). The predicted molar refractivity (Wildman–Crippen MR) is 118 cm³/mol. The number of nitrogens with one attached hydrogen (secondary N) is 1. The Hall–Kier alpha value is -2.59. The molecule has 2 aromatic heterocycles. The lowest BCUT2D eigenvalue weighted by molar-refractivity contribution is 0.265. The van der Waals surface area contributed by atoms with Crippen LogP contribution in [0.2, 0.25) is 0 Å². The van der Waals surface area contributed by atoms with E-state index in [4.69, 9.17) is 14.5 Å². The second-order valence-corrected chi connectivity index (χ2v) is 10.5. The van der Waals surface area contributed by atoms with Gasteiger partial charge in [0.25, 0.3) is 0 Å². The van der Waals surface area contributed by atoms with E-state index in [1.54, 1.807) is 6.07 Å². The van der Waals surface area contributed by atoms with Gasteiger partial charge in [-0.1, -0.05) is 5.16 Å². The molecular formula is C22H24FN5O3S. The molecule has 1 aromatic carbocycles. The summed E-state index contributed by atoms with van der Waals surface area (Å²) in [6.07, 6.45) is 4.08. The minimum atomic E-state index is -1.11. The number of aliphatic hydroxyl groups is 1. The first kappa shape index (κ1) is 20.0. The molecule has 1 atom stereocenters. The number of halogens is 1. The smallest absolute Gasteiger partial charge is 0.227 e. The zero-order valence-electron chi connectivity index (χ0n) is 17.5. The fraction of sp³-hybridized carbons (Fsp3) is 0.500. The first-order chi connectivity index (χ1) is 15.5. The molecular weight excluding hydrogens is 433 g/mol. The third-order valence-corrected chi connectivity index (χ3v) is 8.30. The summed E-state index contributed by atoms with van der Waals surface area (Å²) >= 11 is 0. The number of aliphatic hydroxyl groups excluding tert-OH is 1. The summed E-state index contributed by atoms with van der Waals surface area (Å²) in [5.41, 5.74) is 1.91. The van der Waals surface area contributed by atoms with E-state index in [0.29, 0.717) is 34.4 Å². The van der Waals surface area contributed by atoms with Crippen LogP contribution in [0.15, 0.2) is 27.6 Å². The van der Waals surface area contributed by atoms with Gasteiger partial charge in [0.1, 0.15) is 16.5 Å². The lowest BCUT2D eigenvalue weighted by atomic mass is 9.92. The minimum absolute atomic E-state index is 0.0331. The molecule has 1 unspecified atom stereocenters. The van der Waals surface area contributed by atoms with Gasteiger partial charge in [-0.15, -0.1) is 0 Å². The third kappa shape index (κ3) is 3.36. The van der Waals surface area contributed by atoms with Gasteiger partial charge in [-0.3, -0.25) is 4.21 Å². The average Bonchev–Trinajstić information content (AvgIpc) is 3.29. The van der Waals surface area contributed by atoms with E-state index in [1.165, 1.54) is 12.1 Å². The average molecular weight is 458 g/mol. The Labute approximate surface area is 186 Å². The van der Waals surface area contributed by atoms with E-state index in [-0.39, 0.29) is 23.9 Å². The molecule has 2 aliphatic heterocycles. The van der Waals surface area contributed by atoms with E-state index >= 15 is 0 Å². The van der Waals surface area contributed by atoms with Crippen molar-refractivity contribution >= 4 is 33.5 Å². The summed E-state index contributed by atoms with van der Waals surface area (Å²) in [4.78, 5) is 12.3. The van der Waals surface area contributed by atoms with Crippen LogP contribution >= 0.6 is 0 Å². The van der Waals surface area contributed by atoms with Crippen LogP contribution in [0.25, 0.3) is 11.0 Å². The largest absolute Gasteiger partial charge is 0.394 e. The molecule has 3 aliphatic rings. The predicted octanol–water partition coefficient (Wildman–Crippen LogP) is 2.74. The summed E-state index contributed by atoms with van der Waals surface area (Å²) in [6.45, 7) is 1.51. The SMILES string of the molecule is O=S1CCc2nc(N3CCC(c4noc5ccc(F)cc45)CC3)nc(NC3(CO)CC3)c21. The number of hydrogen-bond donors (Lipinski definition) is 2. The Balaban J connectivity index is 1.25. The molecule has 0 amide bonds. The molecule has 6 rings (SSSR count). The number of aryl methyl sites for hydroxylation is 1. The second-order valence-electron chi connectivity index (χ2n) is 8.98. The summed E-state index contributed by atoms with van der Waals surface area (Å²) < 4.78 is 31.7. The van der Waals surface area contributed by atoms with Crippen molar-refractivity contribution in [3.63, 3.8) is 0 Å². The molecule has 32 heavy (non-hydrogen) atoms. The van der Waals surface area contributed by atoms with Crippen molar-refractivity contribution in [2.45, 2.75) is 48.5 Å². The van der Waals surface area contributed by atoms with Crippen LogP contribution in [0, 0.1) is 5.82 Å². The molecule has 1 aliphatic carbocycles. The van der Waals surface area contributed by atoms with Crippen molar-refractivity contribution in [2.75, 3.05) is 35.7 Å². The summed E-state index contributed by atoms with van der Waals surface area (Å²) in [5.74, 6) is 1.69. The molecule has 8 nitrogen and oxygen atoms in total. The Bertz CT molecular complexity index is 1220. The number of anilines is 2. The van der Waals surface area contributed by atoms with E-state index in [1.807, 2.05) is 0 Å². The van der Waals surface area contributed by atoms with Gasteiger partial charge >= 0.3 is 0 Å². The van der Waals surface area contributed by atoms with E-state index in [9.17, 15) is 13.7 Å². The molecule has 0 bridgehead atoms. The van der Waals surface area contributed by atoms with Gasteiger partial charge in [0.2, 0.25) is 5.95 Å². The minimum Gasteiger partial charge on any atom is -0.394 e. The maximum absolute atomic E-state index is 13.7. The third-order valence-electron chi connectivity index (χ3n) is 6.84. The van der Waals surface area contributed by atoms with Crippen molar-refractivity contribution in [1.29, 1.82) is 0 Å². The quantitative estimate of drug-likeness (QED) is 0.603. The molecule has 3 aromatic rings. The van der Waals surface area contributed by atoms with Gasteiger partial charge in [0.05, 0.1) is 34.3 Å². The van der Waals surface area contributed by atoms with E-state index in [2.05, 4.69) is 15.4 Å². The molecule has 0 spiro atoms. The maximum atomic E-state index is 13.7. The molecule has 1 saturated heterocycles. The maximum Gasteiger partial charge on any atom is 0.227 e. The fourth-order valence-electron chi connectivity index (χ4n) is 4.71. The first-order valence-electron chi connectivity index (χ1n) is 11.0. The van der Waals surface area contributed by atoms with Gasteiger partial charge < -0.3 is 19.8 Å². The lowest BCUT2D eigenvalue weighted by Crippen LogP contribution is -2.35. The number of aromatic nitrogens is 3. The van der Waals surface area contributed by atoms with Crippen LogP contribution in [0.5, 0.6) is 0 Å². The first-order valence-corrected chi connectivity index (χ1v) is 12.4. The molecule has 168 valence electrons. The van der Waals surface area contributed by atoms with Crippen molar-refractivity contribution in [1.82, 2.24) is 15.1 Å². The van der Waals surface area contributed by atoms with Gasteiger partial charge in [0.15, 0.2) is 5.58 Å². The van der Waals surface area contributed by atoms with Gasteiger partial charge in [-0.05, 0) is 43.9 Å².